The van der Waals surface area contributed by atoms with Crippen LogP contribution in [0.3, 0.4) is 0 Å². The van der Waals surface area contributed by atoms with Gasteiger partial charge in [-0.2, -0.15) is 8.78 Å². The lowest BCUT2D eigenvalue weighted by molar-refractivity contribution is -0.0512. The topological polar surface area (TPSA) is 73.9 Å². The monoisotopic (exact) mass is 425 g/mol. The van der Waals surface area contributed by atoms with E-state index in [9.17, 15) is 18.4 Å². The summed E-state index contributed by atoms with van der Waals surface area (Å²) in [6.45, 7) is -0.861. The number of hydrogen-bond donors (Lipinski definition) is 1. The fourth-order valence-electron chi connectivity index (χ4n) is 3.33. The molecule has 0 aliphatic heterocycles. The number of amides is 1. The predicted molar refractivity (Wildman–Crippen MR) is 104 cm³/mol. The molecule has 1 heterocycles. The van der Waals surface area contributed by atoms with E-state index in [1.165, 1.54) is 43.8 Å². The van der Waals surface area contributed by atoms with Crippen LogP contribution in [-0.2, 0) is 17.6 Å². The number of nitrogens with one attached hydrogen (secondary N) is 1. The van der Waals surface area contributed by atoms with E-state index in [1.807, 2.05) is 0 Å². The highest BCUT2D eigenvalue weighted by Crippen LogP contribution is 2.40. The maximum Gasteiger partial charge on any atom is 0.387 e. The minimum atomic E-state index is -3.01. The molecule has 1 aliphatic rings. The Hall–Kier alpha value is -2.68. The number of rotatable bonds is 6. The first kappa shape index (κ1) is 21.0. The van der Waals surface area contributed by atoms with Gasteiger partial charge in [0.15, 0.2) is 11.5 Å². The van der Waals surface area contributed by atoms with Crippen molar-refractivity contribution in [3.63, 3.8) is 0 Å². The summed E-state index contributed by atoms with van der Waals surface area (Å²) in [5, 5.41) is 3.18. The van der Waals surface area contributed by atoms with E-state index in [-0.39, 0.29) is 17.1 Å². The van der Waals surface area contributed by atoms with Gasteiger partial charge >= 0.3 is 12.6 Å². The summed E-state index contributed by atoms with van der Waals surface area (Å²) in [5.41, 5.74) is 1.49. The van der Waals surface area contributed by atoms with Gasteiger partial charge in [0.05, 0.1) is 19.8 Å². The molecule has 29 heavy (non-hydrogen) atoms. The number of carbonyl (C=O) groups is 2. The van der Waals surface area contributed by atoms with Crippen molar-refractivity contribution in [2.75, 3.05) is 19.5 Å². The van der Waals surface area contributed by atoms with Gasteiger partial charge in [0.1, 0.15) is 5.00 Å². The van der Waals surface area contributed by atoms with Gasteiger partial charge in [0, 0.05) is 10.4 Å². The number of methoxy groups -OCH3 is 2. The number of ether oxygens (including phenoxy) is 3. The first-order chi connectivity index (χ1) is 13.8. The van der Waals surface area contributed by atoms with Crippen LogP contribution in [0.2, 0.25) is 0 Å². The zero-order chi connectivity index (χ0) is 21.1. The number of thiophene rings is 1. The molecule has 1 aromatic carbocycles. The van der Waals surface area contributed by atoms with Crippen LogP contribution in [-0.4, -0.2) is 32.7 Å². The molecule has 0 bridgehead atoms. The molecule has 3 rings (SSSR count). The highest BCUT2D eigenvalue weighted by Gasteiger charge is 2.29. The third-order valence-corrected chi connectivity index (χ3v) is 5.94. The van der Waals surface area contributed by atoms with E-state index in [0.717, 1.165) is 29.7 Å². The van der Waals surface area contributed by atoms with Crippen LogP contribution in [0.1, 0.15) is 44.5 Å². The fourth-order valence-corrected chi connectivity index (χ4v) is 4.73. The number of fused-ring (bicyclic) bond motifs is 1. The third-order valence-electron chi connectivity index (χ3n) is 4.77. The van der Waals surface area contributed by atoms with E-state index in [2.05, 4.69) is 17.0 Å². The van der Waals surface area contributed by atoms with Gasteiger partial charge in [-0.1, -0.05) is 6.92 Å². The summed E-state index contributed by atoms with van der Waals surface area (Å²) in [4.78, 5) is 26.2. The molecule has 0 unspecified atom stereocenters. The molecular weight excluding hydrogens is 404 g/mol. The Morgan fingerprint density at radius 2 is 2.00 bits per heavy atom. The summed E-state index contributed by atoms with van der Waals surface area (Å²) in [5.74, 6) is -0.656. The second kappa shape index (κ2) is 8.77. The Balaban J connectivity index is 1.90. The van der Waals surface area contributed by atoms with Crippen molar-refractivity contribution in [2.24, 2.45) is 5.92 Å². The quantitative estimate of drug-likeness (QED) is 0.689. The highest BCUT2D eigenvalue weighted by atomic mass is 32.1. The summed E-state index contributed by atoms with van der Waals surface area (Å²) in [7, 11) is 2.59. The van der Waals surface area contributed by atoms with Crippen molar-refractivity contribution >= 4 is 28.2 Å². The Morgan fingerprint density at radius 3 is 2.66 bits per heavy atom. The molecule has 6 nitrogen and oxygen atoms in total. The van der Waals surface area contributed by atoms with Gasteiger partial charge < -0.3 is 19.5 Å². The van der Waals surface area contributed by atoms with Crippen molar-refractivity contribution in [3.05, 3.63) is 39.8 Å². The Labute approximate surface area is 170 Å². The lowest BCUT2D eigenvalue weighted by atomic mass is 9.88. The SMILES string of the molecule is COC(=O)c1c(NC(=O)c2ccc(OC(F)F)c(OC)c2)sc2c1CC[C@H](C)C2. The van der Waals surface area contributed by atoms with E-state index in [1.54, 1.807) is 0 Å². The molecule has 0 saturated carbocycles. The maximum absolute atomic E-state index is 12.8. The van der Waals surface area contributed by atoms with Crippen LogP contribution in [0.4, 0.5) is 13.8 Å². The first-order valence-electron chi connectivity index (χ1n) is 9.01. The Bertz CT molecular complexity index is 928. The van der Waals surface area contributed by atoms with Crippen molar-refractivity contribution in [1.29, 1.82) is 0 Å². The molecule has 1 amide bonds. The second-order valence-corrected chi connectivity index (χ2v) is 7.85. The molecule has 1 aromatic heterocycles. The number of benzene rings is 1. The average molecular weight is 425 g/mol. The smallest absolute Gasteiger partial charge is 0.387 e. The van der Waals surface area contributed by atoms with Gasteiger partial charge in [-0.3, -0.25) is 4.79 Å². The minimum absolute atomic E-state index is 0.00504. The van der Waals surface area contributed by atoms with Gasteiger partial charge in [-0.05, 0) is 48.9 Å². The number of alkyl halides is 2. The van der Waals surface area contributed by atoms with Crippen molar-refractivity contribution in [2.45, 2.75) is 32.8 Å². The molecule has 9 heteroatoms. The highest BCUT2D eigenvalue weighted by molar-refractivity contribution is 7.17. The van der Waals surface area contributed by atoms with Gasteiger partial charge in [-0.15, -0.1) is 11.3 Å². The normalized spacial score (nSPS) is 15.6. The van der Waals surface area contributed by atoms with Crippen LogP contribution in [0, 0.1) is 5.92 Å². The minimum Gasteiger partial charge on any atom is -0.493 e. The summed E-state index contributed by atoms with van der Waals surface area (Å²) >= 11 is 1.37. The van der Waals surface area contributed by atoms with Crippen molar-refractivity contribution in [1.82, 2.24) is 0 Å². The van der Waals surface area contributed by atoms with E-state index in [0.29, 0.717) is 16.5 Å². The Morgan fingerprint density at radius 1 is 1.24 bits per heavy atom. The zero-order valence-electron chi connectivity index (χ0n) is 16.2. The lowest BCUT2D eigenvalue weighted by Crippen LogP contribution is -2.16. The number of anilines is 1. The maximum atomic E-state index is 12.8. The lowest BCUT2D eigenvalue weighted by Gasteiger charge is -2.18. The molecule has 0 radical (unpaired) electrons. The average Bonchev–Trinajstić information content (AvgIpc) is 3.03. The van der Waals surface area contributed by atoms with Gasteiger partial charge in [-0.25, -0.2) is 4.79 Å². The molecule has 0 spiro atoms. The number of carbonyl (C=O) groups excluding carboxylic acids is 2. The summed E-state index contributed by atoms with van der Waals surface area (Å²) < 4.78 is 39.3. The molecule has 1 N–H and O–H groups in total. The molecule has 2 aromatic rings. The van der Waals surface area contributed by atoms with Crippen molar-refractivity contribution in [3.8, 4) is 11.5 Å². The first-order valence-corrected chi connectivity index (χ1v) is 9.82. The summed E-state index contributed by atoms with van der Waals surface area (Å²) in [6.07, 6.45) is 2.55. The van der Waals surface area contributed by atoms with Crippen LogP contribution in [0.15, 0.2) is 18.2 Å². The van der Waals surface area contributed by atoms with Crippen LogP contribution in [0.5, 0.6) is 11.5 Å². The van der Waals surface area contributed by atoms with Gasteiger partial charge in [0.2, 0.25) is 0 Å². The number of halogens is 2. The fraction of sp³-hybridized carbons (Fsp3) is 0.400. The molecular formula is C20H21F2NO5S. The van der Waals surface area contributed by atoms with Crippen LogP contribution in [0.25, 0.3) is 0 Å². The largest absolute Gasteiger partial charge is 0.493 e. The van der Waals surface area contributed by atoms with E-state index in [4.69, 9.17) is 9.47 Å². The van der Waals surface area contributed by atoms with Gasteiger partial charge in [0.25, 0.3) is 5.91 Å². The van der Waals surface area contributed by atoms with E-state index < -0.39 is 18.5 Å². The Kier molecular flexibility index (Phi) is 6.36. The van der Waals surface area contributed by atoms with E-state index >= 15 is 0 Å². The molecule has 156 valence electrons. The van der Waals surface area contributed by atoms with Crippen LogP contribution >= 0.6 is 11.3 Å². The number of hydrogen-bond acceptors (Lipinski definition) is 6. The molecule has 1 aliphatic carbocycles. The standard InChI is InChI=1S/C20H21F2NO5S/c1-10-4-6-12-15(8-10)29-18(16(12)19(25)27-3)23-17(24)11-5-7-13(28-20(21)22)14(9-11)26-2/h5,7,9-10,20H,4,6,8H2,1-3H3,(H,23,24)/t10-/m0/s1. The van der Waals surface area contributed by atoms with Crippen molar-refractivity contribution < 1.29 is 32.6 Å². The third kappa shape index (κ3) is 4.50. The summed E-state index contributed by atoms with van der Waals surface area (Å²) in [6, 6.07) is 3.89. The second-order valence-electron chi connectivity index (χ2n) is 6.75. The number of esters is 1. The predicted octanol–water partition coefficient (Wildman–Crippen LogP) is 4.52. The zero-order valence-corrected chi connectivity index (χ0v) is 17.0. The van der Waals surface area contributed by atoms with Crippen LogP contribution < -0.4 is 14.8 Å². The molecule has 0 saturated heterocycles. The molecule has 0 fully saturated rings. The molecule has 1 atom stereocenters.